The van der Waals surface area contributed by atoms with E-state index in [0.717, 1.165) is 5.56 Å². The van der Waals surface area contributed by atoms with Crippen LogP contribution in [0.25, 0.3) is 0 Å². The fraction of sp³-hybridized carbons (Fsp3) is 0.364. The zero-order chi connectivity index (χ0) is 10.8. The van der Waals surface area contributed by atoms with Crippen molar-refractivity contribution in [1.82, 2.24) is 0 Å². The fourth-order valence-electron chi connectivity index (χ4n) is 1.27. The van der Waals surface area contributed by atoms with Crippen LogP contribution in [-0.2, 0) is 0 Å². The van der Waals surface area contributed by atoms with E-state index in [1.807, 2.05) is 45.0 Å². The highest BCUT2D eigenvalue weighted by atomic mass is 16.4. The first-order chi connectivity index (χ1) is 6.45. The molecule has 76 valence electrons. The Kier molecular flexibility index (Phi) is 2.91. The molecule has 1 aromatic carbocycles. The lowest BCUT2D eigenvalue weighted by atomic mass is 9.93. The smallest absolute Gasteiger partial charge is 0.106 e. The first-order valence-electron chi connectivity index (χ1n) is 4.53. The SMILES string of the molecule is Cc1ccc(/C(=N\O)C(C)(C)N)cc1. The Labute approximate surface area is 84.2 Å². The van der Waals surface area contributed by atoms with E-state index in [9.17, 15) is 0 Å². The molecule has 0 saturated heterocycles. The minimum Gasteiger partial charge on any atom is -0.411 e. The third kappa shape index (κ3) is 2.33. The number of rotatable bonds is 2. The molecule has 0 atom stereocenters. The summed E-state index contributed by atoms with van der Waals surface area (Å²) < 4.78 is 0. The molecule has 0 aliphatic heterocycles. The zero-order valence-corrected chi connectivity index (χ0v) is 8.78. The Balaban J connectivity index is 3.10. The van der Waals surface area contributed by atoms with Gasteiger partial charge in [0, 0.05) is 5.56 Å². The van der Waals surface area contributed by atoms with Crippen LogP contribution in [0.1, 0.15) is 25.0 Å². The Bertz CT molecular complexity index is 333. The third-order valence-corrected chi connectivity index (χ3v) is 2.04. The first kappa shape index (κ1) is 10.7. The van der Waals surface area contributed by atoms with Crippen molar-refractivity contribution < 1.29 is 5.21 Å². The summed E-state index contributed by atoms with van der Waals surface area (Å²) in [4.78, 5) is 0. The second-order valence-corrected chi connectivity index (χ2v) is 4.04. The largest absolute Gasteiger partial charge is 0.411 e. The minimum atomic E-state index is -0.635. The summed E-state index contributed by atoms with van der Waals surface area (Å²) >= 11 is 0. The van der Waals surface area contributed by atoms with Gasteiger partial charge in [0.25, 0.3) is 0 Å². The van der Waals surface area contributed by atoms with Gasteiger partial charge in [-0.25, -0.2) is 0 Å². The second-order valence-electron chi connectivity index (χ2n) is 4.04. The maximum atomic E-state index is 8.89. The van der Waals surface area contributed by atoms with Crippen LogP contribution in [0, 0.1) is 6.92 Å². The van der Waals surface area contributed by atoms with Gasteiger partial charge >= 0.3 is 0 Å². The number of nitrogens with zero attached hydrogens (tertiary/aromatic N) is 1. The van der Waals surface area contributed by atoms with Gasteiger partial charge in [-0.3, -0.25) is 0 Å². The lowest BCUT2D eigenvalue weighted by Crippen LogP contribution is -2.42. The summed E-state index contributed by atoms with van der Waals surface area (Å²) in [6, 6.07) is 7.73. The first-order valence-corrected chi connectivity index (χ1v) is 4.53. The Morgan fingerprint density at radius 1 is 1.29 bits per heavy atom. The van der Waals surface area contributed by atoms with Crippen LogP contribution >= 0.6 is 0 Å². The van der Waals surface area contributed by atoms with E-state index >= 15 is 0 Å². The van der Waals surface area contributed by atoms with Crippen molar-refractivity contribution in [3.05, 3.63) is 35.4 Å². The van der Waals surface area contributed by atoms with E-state index in [-0.39, 0.29) is 0 Å². The molecule has 1 aromatic rings. The topological polar surface area (TPSA) is 58.6 Å². The molecule has 0 amide bonds. The molecule has 0 unspecified atom stereocenters. The van der Waals surface area contributed by atoms with E-state index in [2.05, 4.69) is 5.16 Å². The molecule has 0 heterocycles. The van der Waals surface area contributed by atoms with Crippen LogP contribution in [0.3, 0.4) is 0 Å². The van der Waals surface area contributed by atoms with Gasteiger partial charge in [0.05, 0.1) is 5.54 Å². The quantitative estimate of drug-likeness (QED) is 0.427. The molecule has 0 bridgehead atoms. The van der Waals surface area contributed by atoms with Gasteiger partial charge in [0.1, 0.15) is 5.71 Å². The van der Waals surface area contributed by atoms with Gasteiger partial charge in [-0.05, 0) is 20.8 Å². The van der Waals surface area contributed by atoms with E-state index in [0.29, 0.717) is 5.71 Å². The highest BCUT2D eigenvalue weighted by Crippen LogP contribution is 2.12. The van der Waals surface area contributed by atoms with Gasteiger partial charge in [-0.15, -0.1) is 0 Å². The maximum Gasteiger partial charge on any atom is 0.106 e. The molecule has 0 radical (unpaired) electrons. The number of hydrogen-bond donors (Lipinski definition) is 2. The summed E-state index contributed by atoms with van der Waals surface area (Å²) in [5, 5.41) is 12.1. The fourth-order valence-corrected chi connectivity index (χ4v) is 1.27. The molecule has 14 heavy (non-hydrogen) atoms. The van der Waals surface area contributed by atoms with Crippen LogP contribution in [0.2, 0.25) is 0 Å². The van der Waals surface area contributed by atoms with Crippen molar-refractivity contribution in [2.45, 2.75) is 26.3 Å². The molecule has 0 saturated carbocycles. The lowest BCUT2D eigenvalue weighted by molar-refractivity contribution is 0.315. The van der Waals surface area contributed by atoms with Crippen molar-refractivity contribution in [2.24, 2.45) is 10.9 Å². The highest BCUT2D eigenvalue weighted by Gasteiger charge is 2.21. The van der Waals surface area contributed by atoms with Crippen LogP contribution in [0.5, 0.6) is 0 Å². The standard InChI is InChI=1S/C11H16N2O/c1-8-4-6-9(7-5-8)10(13-14)11(2,3)12/h4-7,14H,12H2,1-3H3/b13-10+. The van der Waals surface area contributed by atoms with Crippen LogP contribution in [0.4, 0.5) is 0 Å². The summed E-state index contributed by atoms with van der Waals surface area (Å²) in [5.74, 6) is 0. The molecule has 3 N–H and O–H groups in total. The minimum absolute atomic E-state index is 0.498. The van der Waals surface area contributed by atoms with E-state index in [1.54, 1.807) is 0 Å². The van der Waals surface area contributed by atoms with Gasteiger partial charge in [0.2, 0.25) is 0 Å². The average Bonchev–Trinajstić information content (AvgIpc) is 2.07. The van der Waals surface area contributed by atoms with Gasteiger partial charge < -0.3 is 10.9 Å². The molecule has 0 aliphatic carbocycles. The predicted molar refractivity (Wildman–Crippen MR) is 57.8 cm³/mol. The average molecular weight is 192 g/mol. The van der Waals surface area contributed by atoms with Crippen LogP contribution < -0.4 is 5.73 Å². The predicted octanol–water partition coefficient (Wildman–Crippen LogP) is 1.91. The second kappa shape index (κ2) is 3.80. The molecule has 0 fully saturated rings. The molecule has 0 spiro atoms. The molecule has 3 nitrogen and oxygen atoms in total. The van der Waals surface area contributed by atoms with Crippen LogP contribution in [0.15, 0.2) is 29.4 Å². The molecule has 1 rings (SSSR count). The summed E-state index contributed by atoms with van der Waals surface area (Å²) in [6.07, 6.45) is 0. The third-order valence-electron chi connectivity index (χ3n) is 2.04. The van der Waals surface area contributed by atoms with E-state index in [1.165, 1.54) is 5.56 Å². The number of aryl methyl sites for hydroxylation is 1. The molecular weight excluding hydrogens is 176 g/mol. The Morgan fingerprint density at radius 2 is 1.79 bits per heavy atom. The zero-order valence-electron chi connectivity index (χ0n) is 8.78. The maximum absolute atomic E-state index is 8.89. The van der Waals surface area contributed by atoms with E-state index < -0.39 is 5.54 Å². The Morgan fingerprint density at radius 3 is 2.14 bits per heavy atom. The molecule has 0 aromatic heterocycles. The highest BCUT2D eigenvalue weighted by molar-refractivity contribution is 6.06. The summed E-state index contributed by atoms with van der Waals surface area (Å²) in [6.45, 7) is 5.62. The number of benzene rings is 1. The summed E-state index contributed by atoms with van der Waals surface area (Å²) in [5.41, 5.74) is 7.75. The number of hydrogen-bond acceptors (Lipinski definition) is 3. The Hall–Kier alpha value is -1.35. The normalized spacial score (nSPS) is 13.0. The van der Waals surface area contributed by atoms with E-state index in [4.69, 9.17) is 10.9 Å². The molecular formula is C11H16N2O. The lowest BCUT2D eigenvalue weighted by Gasteiger charge is -2.20. The molecule has 0 aliphatic rings. The number of oxime groups is 1. The number of nitrogens with two attached hydrogens (primary N) is 1. The van der Waals surface area contributed by atoms with Crippen molar-refractivity contribution in [3.8, 4) is 0 Å². The van der Waals surface area contributed by atoms with Crippen molar-refractivity contribution in [3.63, 3.8) is 0 Å². The van der Waals surface area contributed by atoms with Gasteiger partial charge in [0.15, 0.2) is 0 Å². The van der Waals surface area contributed by atoms with Gasteiger partial charge in [-0.1, -0.05) is 35.0 Å². The monoisotopic (exact) mass is 192 g/mol. The van der Waals surface area contributed by atoms with Gasteiger partial charge in [-0.2, -0.15) is 0 Å². The van der Waals surface area contributed by atoms with Crippen molar-refractivity contribution in [2.75, 3.05) is 0 Å². The van der Waals surface area contributed by atoms with Crippen LogP contribution in [-0.4, -0.2) is 16.5 Å². The van der Waals surface area contributed by atoms with Crippen molar-refractivity contribution in [1.29, 1.82) is 0 Å². The van der Waals surface area contributed by atoms with Crippen molar-refractivity contribution >= 4 is 5.71 Å². The summed E-state index contributed by atoms with van der Waals surface area (Å²) in [7, 11) is 0. The molecule has 3 heteroatoms.